The highest BCUT2D eigenvalue weighted by Gasteiger charge is 2.81. The zero-order valence-electron chi connectivity index (χ0n) is 18.6. The van der Waals surface area contributed by atoms with Crippen molar-refractivity contribution in [3.05, 3.63) is 12.7 Å². The maximum atomic E-state index is 13.6. The first kappa shape index (κ1) is 25.3. The lowest BCUT2D eigenvalue weighted by Gasteiger charge is -2.71. The third kappa shape index (κ3) is 2.93. The summed E-state index contributed by atoms with van der Waals surface area (Å²) in [6.45, 7) is 13.6. The molecule has 3 N–H and O–H groups in total. The van der Waals surface area contributed by atoms with E-state index in [1.54, 1.807) is 13.8 Å². The highest BCUT2D eigenvalue weighted by Crippen LogP contribution is 2.66. The van der Waals surface area contributed by atoms with Gasteiger partial charge in [0.15, 0.2) is 17.5 Å². The number of esters is 1. The molecule has 0 aromatic heterocycles. The Morgan fingerprint density at radius 1 is 1.23 bits per heavy atom. The first-order valence-electron chi connectivity index (χ1n) is 10.2. The third-order valence-electron chi connectivity index (χ3n) is 8.02. The fourth-order valence-corrected chi connectivity index (χ4v) is 6.66. The summed E-state index contributed by atoms with van der Waals surface area (Å²) < 4.78 is 11.8. The summed E-state index contributed by atoms with van der Waals surface area (Å²) in [6.07, 6.45) is -1.29. The predicted octanol–water partition coefficient (Wildman–Crippen LogP) is 1.94. The zero-order valence-corrected chi connectivity index (χ0v) is 19.4. The van der Waals surface area contributed by atoms with E-state index in [0.717, 1.165) is 0 Å². The van der Waals surface area contributed by atoms with E-state index < -0.39 is 63.6 Å². The molecule has 172 valence electrons. The predicted molar refractivity (Wildman–Crippen MR) is 112 cm³/mol. The van der Waals surface area contributed by atoms with Crippen LogP contribution in [0.25, 0.3) is 0 Å². The Morgan fingerprint density at radius 3 is 2.30 bits per heavy atom. The number of Topliss-reactive ketones (excluding diaryl/α,β-unsaturated/α-hetero) is 1. The highest BCUT2D eigenvalue weighted by molar-refractivity contribution is 5.92. The Balaban J connectivity index is 0.00000320. The number of aliphatic hydroxyl groups excluding tert-OH is 2. The number of halogens is 1. The zero-order chi connectivity index (χ0) is 22.2. The maximum Gasteiger partial charge on any atom is 0.303 e. The van der Waals surface area contributed by atoms with Gasteiger partial charge in [-0.25, -0.2) is 0 Å². The van der Waals surface area contributed by atoms with Crippen LogP contribution < -0.4 is 0 Å². The number of fused-ring (bicyclic) bond motifs is 3. The lowest BCUT2D eigenvalue weighted by Crippen LogP contribution is -2.86. The van der Waals surface area contributed by atoms with Crippen LogP contribution in [0.4, 0.5) is 0 Å². The molecule has 3 rings (SSSR count). The largest absolute Gasteiger partial charge is 0.457 e. The summed E-state index contributed by atoms with van der Waals surface area (Å²) in [4.78, 5) is 25.5. The van der Waals surface area contributed by atoms with E-state index in [4.69, 9.17) is 9.47 Å². The molecule has 0 unspecified atom stereocenters. The van der Waals surface area contributed by atoms with Crippen molar-refractivity contribution in [1.29, 1.82) is 0 Å². The molecule has 3 aliphatic rings. The first-order valence-corrected chi connectivity index (χ1v) is 10.2. The molecule has 0 radical (unpaired) electrons. The summed E-state index contributed by atoms with van der Waals surface area (Å²) in [7, 11) is 0. The van der Waals surface area contributed by atoms with Gasteiger partial charge in [0.1, 0.15) is 5.60 Å². The van der Waals surface area contributed by atoms with Crippen molar-refractivity contribution < 1.29 is 34.4 Å². The number of rotatable bonds is 2. The first-order chi connectivity index (χ1) is 13.1. The SMILES string of the molecule is C=C[C@@]1(C)CC(=O)[C@]2(O)[C@@]3(C)[C@@H](O)CCC(C)(C)[C@@H]3[C@H](O)[C@H](OC(C)=O)[C@@]2(C)O1.Cl. The fourth-order valence-electron chi connectivity index (χ4n) is 6.66. The van der Waals surface area contributed by atoms with Gasteiger partial charge in [-0.3, -0.25) is 9.59 Å². The van der Waals surface area contributed by atoms with Gasteiger partial charge in [-0.05, 0) is 32.1 Å². The van der Waals surface area contributed by atoms with Crippen LogP contribution in [0.1, 0.15) is 60.8 Å². The normalized spacial score (nSPS) is 49.8. The summed E-state index contributed by atoms with van der Waals surface area (Å²) in [6, 6.07) is 0. The number of carbonyl (C=O) groups is 2. The van der Waals surface area contributed by atoms with E-state index in [0.29, 0.717) is 12.8 Å². The Hall–Kier alpha value is -0.990. The van der Waals surface area contributed by atoms with Crippen molar-refractivity contribution >= 4 is 24.2 Å². The molecular weight excluding hydrogens is 412 g/mol. The van der Waals surface area contributed by atoms with Gasteiger partial charge in [0.25, 0.3) is 0 Å². The van der Waals surface area contributed by atoms with Crippen molar-refractivity contribution in [3.8, 4) is 0 Å². The highest BCUT2D eigenvalue weighted by atomic mass is 35.5. The van der Waals surface area contributed by atoms with Crippen molar-refractivity contribution in [2.75, 3.05) is 0 Å². The van der Waals surface area contributed by atoms with Gasteiger partial charge < -0.3 is 24.8 Å². The Morgan fingerprint density at radius 2 is 1.80 bits per heavy atom. The fraction of sp³-hybridized carbons (Fsp3) is 0.818. The van der Waals surface area contributed by atoms with Crippen LogP contribution in [-0.2, 0) is 19.1 Å². The van der Waals surface area contributed by atoms with E-state index in [1.165, 1.54) is 19.9 Å². The molecule has 0 amide bonds. The average molecular weight is 447 g/mol. The minimum absolute atomic E-state index is 0. The molecule has 2 aliphatic carbocycles. The molecule has 0 aromatic carbocycles. The summed E-state index contributed by atoms with van der Waals surface area (Å²) in [5.74, 6) is -1.87. The standard InChI is InChI=1S/C22H34O7.ClH/c1-8-19(5)11-14(25)22(27)20(6)13(24)9-10-18(3,4)16(20)15(26)17(28-12(2)23)21(22,7)29-19;/h8,13,15-17,24,26-27H,1,9-11H2,2-7H3;1H/t13-,15-,16-,17-,19-,20-,21+,22-;/m0./s1. The Kier molecular flexibility index (Phi) is 6.13. The number of aliphatic hydroxyl groups is 3. The molecule has 0 bridgehead atoms. The molecule has 8 heteroatoms. The van der Waals surface area contributed by atoms with Crippen LogP contribution in [0.2, 0.25) is 0 Å². The molecule has 1 aliphatic heterocycles. The smallest absolute Gasteiger partial charge is 0.303 e. The Labute approximate surface area is 184 Å². The quantitative estimate of drug-likeness (QED) is 0.438. The number of hydrogen-bond donors (Lipinski definition) is 3. The van der Waals surface area contributed by atoms with Crippen LogP contribution in [0.15, 0.2) is 12.7 Å². The van der Waals surface area contributed by atoms with Crippen molar-refractivity contribution in [2.45, 2.75) is 95.9 Å². The van der Waals surface area contributed by atoms with Gasteiger partial charge in [0.2, 0.25) is 0 Å². The van der Waals surface area contributed by atoms with Crippen LogP contribution >= 0.6 is 12.4 Å². The average Bonchev–Trinajstić information content (AvgIpc) is 2.59. The van der Waals surface area contributed by atoms with E-state index >= 15 is 0 Å². The summed E-state index contributed by atoms with van der Waals surface area (Å²) in [5.41, 5.74) is -7.00. The van der Waals surface area contributed by atoms with Gasteiger partial charge in [-0.15, -0.1) is 19.0 Å². The monoisotopic (exact) mass is 446 g/mol. The number of hydrogen-bond acceptors (Lipinski definition) is 7. The molecule has 7 nitrogen and oxygen atoms in total. The maximum absolute atomic E-state index is 13.6. The minimum Gasteiger partial charge on any atom is -0.457 e. The second-order valence-electron chi connectivity index (χ2n) is 10.4. The van der Waals surface area contributed by atoms with Gasteiger partial charge in [0, 0.05) is 24.7 Å². The van der Waals surface area contributed by atoms with Crippen molar-refractivity contribution in [3.63, 3.8) is 0 Å². The molecule has 3 fully saturated rings. The number of carbonyl (C=O) groups excluding carboxylic acids is 2. The molecule has 0 aromatic rings. The van der Waals surface area contributed by atoms with E-state index in [1.807, 2.05) is 13.8 Å². The lowest BCUT2D eigenvalue weighted by atomic mass is 9.40. The Bertz CT molecular complexity index is 754. The van der Waals surface area contributed by atoms with Crippen LogP contribution in [0, 0.1) is 16.7 Å². The lowest BCUT2D eigenvalue weighted by molar-refractivity contribution is -0.370. The molecule has 2 saturated carbocycles. The molecular formula is C22H35ClO7. The van der Waals surface area contributed by atoms with Gasteiger partial charge in [-0.1, -0.05) is 26.8 Å². The van der Waals surface area contributed by atoms with Gasteiger partial charge >= 0.3 is 5.97 Å². The molecule has 8 atom stereocenters. The van der Waals surface area contributed by atoms with Gasteiger partial charge in [-0.2, -0.15) is 0 Å². The number of ether oxygens (including phenoxy) is 2. The van der Waals surface area contributed by atoms with E-state index in [-0.39, 0.29) is 18.8 Å². The topological polar surface area (TPSA) is 113 Å². The van der Waals surface area contributed by atoms with E-state index in [2.05, 4.69) is 6.58 Å². The second kappa shape index (κ2) is 7.27. The van der Waals surface area contributed by atoms with Gasteiger partial charge in [0.05, 0.1) is 17.8 Å². The minimum atomic E-state index is -2.18. The summed E-state index contributed by atoms with van der Waals surface area (Å²) in [5, 5.41) is 34.7. The van der Waals surface area contributed by atoms with Crippen LogP contribution in [0.3, 0.4) is 0 Å². The van der Waals surface area contributed by atoms with Crippen LogP contribution in [-0.4, -0.2) is 62.2 Å². The van der Waals surface area contributed by atoms with Crippen molar-refractivity contribution in [2.24, 2.45) is 16.7 Å². The van der Waals surface area contributed by atoms with Crippen molar-refractivity contribution in [1.82, 2.24) is 0 Å². The van der Waals surface area contributed by atoms with Crippen LogP contribution in [0.5, 0.6) is 0 Å². The molecule has 1 heterocycles. The molecule has 30 heavy (non-hydrogen) atoms. The third-order valence-corrected chi connectivity index (χ3v) is 8.02. The van der Waals surface area contributed by atoms with E-state index in [9.17, 15) is 24.9 Å². The summed E-state index contributed by atoms with van der Waals surface area (Å²) >= 11 is 0. The second-order valence-corrected chi connectivity index (χ2v) is 10.4. The molecule has 0 spiro atoms. The number of ketones is 1. The molecule has 1 saturated heterocycles.